The number of aliphatic imine (C=N–C) groups is 1. The summed E-state index contributed by atoms with van der Waals surface area (Å²) in [5.41, 5.74) is 1.94. The minimum atomic E-state index is -0.498. The number of amides is 1. The molecule has 0 N–H and O–H groups in total. The number of carbonyl (C=O) groups excluding carboxylic acids is 2. The lowest BCUT2D eigenvalue weighted by molar-refractivity contribution is -0.143. The van der Waals surface area contributed by atoms with Gasteiger partial charge in [-0.3, -0.25) is 9.69 Å². The highest BCUT2D eigenvalue weighted by atomic mass is 127. The average molecular weight is 484 g/mol. The van der Waals surface area contributed by atoms with Crippen LogP contribution in [-0.4, -0.2) is 33.3 Å². The zero-order chi connectivity index (χ0) is 19.0. The number of hydrogen-bond donors (Lipinski definition) is 0. The van der Waals surface area contributed by atoms with Crippen molar-refractivity contribution in [2.75, 3.05) is 0 Å². The minimum absolute atomic E-state index is 0.00199. The highest BCUT2D eigenvalue weighted by Gasteiger charge is 2.47. The van der Waals surface area contributed by atoms with Crippen molar-refractivity contribution in [3.63, 3.8) is 0 Å². The van der Waals surface area contributed by atoms with Gasteiger partial charge in [0.1, 0.15) is 0 Å². The van der Waals surface area contributed by atoms with E-state index in [2.05, 4.69) is 27.6 Å². The molecule has 26 heavy (non-hydrogen) atoms. The molecule has 1 aromatic carbocycles. The van der Waals surface area contributed by atoms with E-state index in [0.29, 0.717) is 16.4 Å². The van der Waals surface area contributed by atoms with E-state index in [-0.39, 0.29) is 17.3 Å². The van der Waals surface area contributed by atoms with Crippen molar-refractivity contribution < 1.29 is 14.3 Å². The number of halogens is 1. The fraction of sp³-hybridized carbons (Fsp3) is 0.421. The van der Waals surface area contributed by atoms with E-state index in [1.165, 1.54) is 11.8 Å². The highest BCUT2D eigenvalue weighted by molar-refractivity contribution is 14.1. The summed E-state index contributed by atoms with van der Waals surface area (Å²) in [4.78, 5) is 32.0. The van der Waals surface area contributed by atoms with Crippen LogP contribution in [0.25, 0.3) is 0 Å². The van der Waals surface area contributed by atoms with Crippen LogP contribution >= 0.6 is 34.4 Å². The van der Waals surface area contributed by atoms with Crippen LogP contribution in [0.15, 0.2) is 40.5 Å². The lowest BCUT2D eigenvalue weighted by atomic mass is 9.94. The summed E-state index contributed by atoms with van der Waals surface area (Å²) in [5.74, 6) is -0.413. The van der Waals surface area contributed by atoms with E-state index in [4.69, 9.17) is 4.74 Å². The molecule has 0 radical (unpaired) electrons. The number of esters is 1. The zero-order valence-corrected chi connectivity index (χ0v) is 18.1. The Morgan fingerprint density at radius 2 is 2.00 bits per heavy atom. The third kappa shape index (κ3) is 3.55. The van der Waals surface area contributed by atoms with Gasteiger partial charge in [-0.15, -0.1) is 0 Å². The van der Waals surface area contributed by atoms with Gasteiger partial charge >= 0.3 is 5.97 Å². The van der Waals surface area contributed by atoms with Crippen molar-refractivity contribution in [3.8, 4) is 0 Å². The summed E-state index contributed by atoms with van der Waals surface area (Å²) in [5, 5.41) is 0.511. The van der Waals surface area contributed by atoms with Gasteiger partial charge in [-0.25, -0.2) is 9.79 Å². The van der Waals surface area contributed by atoms with Gasteiger partial charge in [0.25, 0.3) is 0 Å². The third-order valence-electron chi connectivity index (χ3n) is 4.27. The zero-order valence-electron chi connectivity index (χ0n) is 15.2. The van der Waals surface area contributed by atoms with E-state index in [1.54, 1.807) is 4.90 Å². The van der Waals surface area contributed by atoms with Crippen molar-refractivity contribution in [2.24, 2.45) is 4.99 Å². The molecule has 0 bridgehead atoms. The Morgan fingerprint density at radius 3 is 2.58 bits per heavy atom. The van der Waals surface area contributed by atoms with Crippen molar-refractivity contribution in [1.29, 1.82) is 0 Å². The van der Waals surface area contributed by atoms with Crippen LogP contribution in [0.1, 0.15) is 45.7 Å². The van der Waals surface area contributed by atoms with Crippen LogP contribution in [0.2, 0.25) is 0 Å². The first-order valence-electron chi connectivity index (χ1n) is 8.59. The van der Waals surface area contributed by atoms with Crippen LogP contribution in [0.3, 0.4) is 0 Å². The van der Waals surface area contributed by atoms with Gasteiger partial charge in [-0.1, -0.05) is 30.8 Å². The van der Waals surface area contributed by atoms with Crippen LogP contribution in [0, 0.1) is 3.57 Å². The van der Waals surface area contributed by atoms with Gasteiger partial charge in [0, 0.05) is 3.57 Å². The first kappa shape index (κ1) is 19.4. The number of benzene rings is 1. The highest BCUT2D eigenvalue weighted by Crippen LogP contribution is 2.44. The number of carbonyl (C=O) groups is 2. The van der Waals surface area contributed by atoms with Crippen LogP contribution < -0.4 is 0 Å². The molecule has 7 heteroatoms. The maximum atomic E-state index is 13.0. The molecule has 2 aliphatic rings. The summed E-state index contributed by atoms with van der Waals surface area (Å²) in [7, 11) is 0. The third-order valence-corrected chi connectivity index (χ3v) is 6.31. The van der Waals surface area contributed by atoms with Crippen molar-refractivity contribution in [2.45, 2.75) is 51.5 Å². The SMILES string of the molecule is CC[C@@H]1SC2=NC(C)=C(C(=O)OC(C)C)[C@@H](c3ccc(I)cc3)N2C1=O. The molecule has 2 atom stereocenters. The maximum absolute atomic E-state index is 13.0. The molecule has 3 rings (SSSR count). The summed E-state index contributed by atoms with van der Waals surface area (Å²) in [6.45, 7) is 7.43. The predicted octanol–water partition coefficient (Wildman–Crippen LogP) is 4.28. The Hall–Kier alpha value is -1.35. The number of hydrogen-bond acceptors (Lipinski definition) is 5. The Morgan fingerprint density at radius 1 is 1.35 bits per heavy atom. The Balaban J connectivity index is 2.12. The Kier molecular flexibility index (Phi) is 5.76. The summed E-state index contributed by atoms with van der Waals surface area (Å²) < 4.78 is 6.55. The molecule has 0 saturated carbocycles. The number of ether oxygens (including phenoxy) is 1. The Bertz CT molecular complexity index is 802. The molecule has 1 amide bonds. The quantitative estimate of drug-likeness (QED) is 0.473. The Labute approximate surface area is 171 Å². The molecule has 0 aliphatic carbocycles. The second-order valence-electron chi connectivity index (χ2n) is 6.52. The van der Waals surface area contributed by atoms with Crippen molar-refractivity contribution >= 4 is 51.4 Å². The molecule has 1 aromatic rings. The number of nitrogens with zero attached hydrogens (tertiary/aromatic N) is 2. The van der Waals surface area contributed by atoms with E-state index >= 15 is 0 Å². The van der Waals surface area contributed by atoms with Crippen molar-refractivity contribution in [1.82, 2.24) is 4.90 Å². The lowest BCUT2D eigenvalue weighted by Gasteiger charge is -2.33. The molecule has 0 aromatic heterocycles. The van der Waals surface area contributed by atoms with E-state index in [0.717, 1.165) is 15.6 Å². The van der Waals surface area contributed by atoms with E-state index in [1.807, 2.05) is 52.0 Å². The minimum Gasteiger partial charge on any atom is -0.459 e. The smallest absolute Gasteiger partial charge is 0.338 e. The number of amidine groups is 1. The van der Waals surface area contributed by atoms with Gasteiger partial charge in [0.05, 0.1) is 28.7 Å². The molecule has 0 unspecified atom stereocenters. The van der Waals surface area contributed by atoms with Gasteiger partial charge in [0.15, 0.2) is 5.17 Å². The van der Waals surface area contributed by atoms with E-state index in [9.17, 15) is 9.59 Å². The van der Waals surface area contributed by atoms with Crippen LogP contribution in [0.4, 0.5) is 0 Å². The van der Waals surface area contributed by atoms with Gasteiger partial charge < -0.3 is 4.74 Å². The fourth-order valence-corrected chi connectivity index (χ4v) is 4.58. The molecule has 2 heterocycles. The molecular formula is C19H21IN2O3S. The molecule has 2 aliphatic heterocycles. The number of fused-ring (bicyclic) bond motifs is 1. The summed E-state index contributed by atoms with van der Waals surface area (Å²) in [6.07, 6.45) is 0.487. The molecule has 0 spiro atoms. The van der Waals surface area contributed by atoms with Gasteiger partial charge in [-0.05, 0) is 67.5 Å². The van der Waals surface area contributed by atoms with Crippen molar-refractivity contribution in [3.05, 3.63) is 44.7 Å². The molecular weight excluding hydrogens is 463 g/mol. The topological polar surface area (TPSA) is 59.0 Å². The van der Waals surface area contributed by atoms with Crippen LogP contribution in [-0.2, 0) is 14.3 Å². The molecule has 138 valence electrons. The second kappa shape index (κ2) is 7.72. The van der Waals surface area contributed by atoms with E-state index < -0.39 is 12.0 Å². The first-order valence-corrected chi connectivity index (χ1v) is 10.5. The van der Waals surface area contributed by atoms with Gasteiger partial charge in [0.2, 0.25) is 5.91 Å². The maximum Gasteiger partial charge on any atom is 0.338 e. The lowest BCUT2D eigenvalue weighted by Crippen LogP contribution is -2.41. The second-order valence-corrected chi connectivity index (χ2v) is 8.94. The normalized spacial score (nSPS) is 22.6. The monoisotopic (exact) mass is 484 g/mol. The number of rotatable bonds is 4. The van der Waals surface area contributed by atoms with Gasteiger partial charge in [-0.2, -0.15) is 0 Å². The average Bonchev–Trinajstić information content (AvgIpc) is 2.89. The molecule has 5 nitrogen and oxygen atoms in total. The number of thioether (sulfide) groups is 1. The summed E-state index contributed by atoms with van der Waals surface area (Å²) >= 11 is 3.71. The largest absolute Gasteiger partial charge is 0.459 e. The standard InChI is InChI=1S/C19H21IN2O3S/c1-5-14-17(23)22-16(12-6-8-13(20)9-7-12)15(18(24)25-10(2)3)11(4)21-19(22)26-14/h6-10,14,16H,5H2,1-4H3/t14-,16+/m0/s1. The molecule has 1 saturated heterocycles. The van der Waals surface area contributed by atoms with Crippen LogP contribution in [0.5, 0.6) is 0 Å². The predicted molar refractivity (Wildman–Crippen MR) is 112 cm³/mol. The fourth-order valence-electron chi connectivity index (χ4n) is 3.09. The molecule has 1 fully saturated rings. The first-order chi connectivity index (χ1) is 12.3. The summed E-state index contributed by atoms with van der Waals surface area (Å²) in [6, 6.07) is 7.38. The number of allylic oxidation sites excluding steroid dienone is 1.